The van der Waals surface area contributed by atoms with Gasteiger partial charge in [-0.25, -0.2) is 0 Å². The number of amides is 2. The van der Waals surface area contributed by atoms with Crippen molar-refractivity contribution in [3.8, 4) is 0 Å². The van der Waals surface area contributed by atoms with Crippen LogP contribution in [-0.2, 0) is 4.79 Å². The maximum atomic E-state index is 12.1. The first kappa shape index (κ1) is 15.0. The topological polar surface area (TPSA) is 76.6 Å². The molecule has 1 aromatic rings. The Labute approximate surface area is 123 Å². The van der Waals surface area contributed by atoms with Crippen molar-refractivity contribution in [2.75, 3.05) is 25.0 Å². The number of hydrogen-bond donors (Lipinski definition) is 3. The third kappa shape index (κ3) is 3.80. The third-order valence-corrected chi connectivity index (χ3v) is 4.50. The molecule has 0 radical (unpaired) electrons. The van der Waals surface area contributed by atoms with Gasteiger partial charge in [-0.1, -0.05) is 13.8 Å². The Kier molecular flexibility index (Phi) is 4.77. The molecule has 5 nitrogen and oxygen atoms in total. The van der Waals surface area contributed by atoms with E-state index in [4.69, 9.17) is 5.73 Å². The third-order valence-electron chi connectivity index (χ3n) is 3.67. The van der Waals surface area contributed by atoms with Crippen molar-refractivity contribution in [2.24, 2.45) is 17.6 Å². The minimum atomic E-state index is -0.505. The molecule has 0 spiro atoms. The van der Waals surface area contributed by atoms with Crippen LogP contribution in [0.15, 0.2) is 11.4 Å². The van der Waals surface area contributed by atoms with E-state index in [-0.39, 0.29) is 5.91 Å². The molecule has 4 N–H and O–H groups in total. The van der Waals surface area contributed by atoms with Crippen LogP contribution in [0.2, 0.25) is 0 Å². The van der Waals surface area contributed by atoms with Gasteiger partial charge in [0.25, 0.3) is 11.8 Å². The molecule has 0 bridgehead atoms. The number of carbonyl (C=O) groups is 2. The molecule has 1 aliphatic rings. The van der Waals surface area contributed by atoms with Gasteiger partial charge >= 0.3 is 0 Å². The average Bonchev–Trinajstić information content (AvgIpc) is 2.75. The van der Waals surface area contributed by atoms with E-state index < -0.39 is 5.91 Å². The Balaban J connectivity index is 1.92. The summed E-state index contributed by atoms with van der Waals surface area (Å²) in [5, 5.41) is 5.12. The van der Waals surface area contributed by atoms with Crippen LogP contribution in [-0.4, -0.2) is 31.4 Å². The van der Waals surface area contributed by atoms with E-state index in [0.29, 0.717) is 28.9 Å². The highest BCUT2D eigenvalue weighted by Crippen LogP contribution is 2.22. The van der Waals surface area contributed by atoms with Crippen molar-refractivity contribution in [3.05, 3.63) is 17.0 Å². The maximum Gasteiger partial charge on any atom is 0.280 e. The lowest BCUT2D eigenvalue weighted by Gasteiger charge is -2.31. The number of anilines is 1. The summed E-state index contributed by atoms with van der Waals surface area (Å²) >= 11 is 1.33. The van der Waals surface area contributed by atoms with Crippen molar-refractivity contribution in [2.45, 2.75) is 20.3 Å². The quantitative estimate of drug-likeness (QED) is 0.749. The Morgan fingerprint density at radius 1 is 1.40 bits per heavy atom. The highest BCUT2D eigenvalue weighted by Gasteiger charge is 2.27. The second-order valence-electron chi connectivity index (χ2n) is 5.86. The Morgan fingerprint density at radius 2 is 2.05 bits per heavy atom. The van der Waals surface area contributed by atoms with Crippen LogP contribution in [0.4, 0.5) is 5.00 Å². The predicted molar refractivity (Wildman–Crippen MR) is 80.0 cm³/mol. The molecule has 20 heavy (non-hydrogen) atoms. The lowest BCUT2D eigenvalue weighted by atomic mass is 9.92. The van der Waals surface area contributed by atoms with Crippen LogP contribution in [0, 0.1) is 11.8 Å². The molecule has 1 fully saturated rings. The SMILES string of the molecule is C[C@@H]1C[C@@H](C)C[NH+](CC(=O)Nc2sccc2C(N)=O)C1. The van der Waals surface area contributed by atoms with E-state index in [2.05, 4.69) is 19.2 Å². The van der Waals surface area contributed by atoms with Gasteiger partial charge < -0.3 is 16.0 Å². The number of carbonyl (C=O) groups excluding carboxylic acids is 2. The second-order valence-corrected chi connectivity index (χ2v) is 6.77. The van der Waals surface area contributed by atoms with Gasteiger partial charge in [0.15, 0.2) is 6.54 Å². The van der Waals surface area contributed by atoms with Crippen molar-refractivity contribution in [1.29, 1.82) is 0 Å². The number of likely N-dealkylation sites (tertiary alicyclic amines) is 1. The Hall–Kier alpha value is -1.40. The number of rotatable bonds is 4. The van der Waals surface area contributed by atoms with Crippen molar-refractivity contribution in [3.63, 3.8) is 0 Å². The number of piperidine rings is 1. The number of quaternary nitrogens is 1. The lowest BCUT2D eigenvalue weighted by Crippen LogP contribution is -3.15. The van der Waals surface area contributed by atoms with E-state index in [1.165, 1.54) is 22.7 Å². The highest BCUT2D eigenvalue weighted by atomic mass is 32.1. The molecule has 0 aromatic carbocycles. The molecule has 1 saturated heterocycles. The monoisotopic (exact) mass is 296 g/mol. The molecular weight excluding hydrogens is 274 g/mol. The number of hydrogen-bond acceptors (Lipinski definition) is 3. The number of nitrogens with one attached hydrogen (secondary N) is 2. The standard InChI is InChI=1S/C14H21N3O2S/c1-9-5-10(2)7-17(6-9)8-12(18)16-14-11(13(15)19)3-4-20-14/h3-4,9-10H,5-8H2,1-2H3,(H2,15,19)(H,16,18)/p+1/t9-,10-/m1/s1. The van der Waals surface area contributed by atoms with Gasteiger partial charge in [0, 0.05) is 11.8 Å². The fourth-order valence-corrected chi connectivity index (χ4v) is 3.87. The summed E-state index contributed by atoms with van der Waals surface area (Å²) in [5.41, 5.74) is 5.65. The molecule has 1 aliphatic heterocycles. The van der Waals surface area contributed by atoms with Gasteiger partial charge in [0.1, 0.15) is 5.00 Å². The summed E-state index contributed by atoms with van der Waals surface area (Å²) < 4.78 is 0. The maximum absolute atomic E-state index is 12.1. The zero-order valence-corrected chi connectivity index (χ0v) is 12.8. The molecule has 6 heteroatoms. The first-order chi connectivity index (χ1) is 9.45. The van der Waals surface area contributed by atoms with E-state index in [9.17, 15) is 9.59 Å². The second kappa shape index (κ2) is 6.37. The normalized spacial score (nSPS) is 26.2. The van der Waals surface area contributed by atoms with Crippen molar-refractivity contribution in [1.82, 2.24) is 0 Å². The van der Waals surface area contributed by atoms with Gasteiger partial charge in [0.2, 0.25) is 0 Å². The van der Waals surface area contributed by atoms with Crippen LogP contribution >= 0.6 is 11.3 Å². The van der Waals surface area contributed by atoms with Crippen molar-refractivity contribution >= 4 is 28.2 Å². The van der Waals surface area contributed by atoms with Gasteiger partial charge in [0.05, 0.1) is 18.7 Å². The fraction of sp³-hybridized carbons (Fsp3) is 0.571. The van der Waals surface area contributed by atoms with E-state index in [0.717, 1.165) is 13.1 Å². The summed E-state index contributed by atoms with van der Waals surface area (Å²) in [4.78, 5) is 24.6. The molecule has 0 saturated carbocycles. The Bertz CT molecular complexity index is 490. The largest absolute Gasteiger partial charge is 0.366 e. The van der Waals surface area contributed by atoms with Crippen LogP contribution in [0.3, 0.4) is 0 Å². The van der Waals surface area contributed by atoms with Crippen molar-refractivity contribution < 1.29 is 14.5 Å². The molecule has 110 valence electrons. The number of primary amides is 1. The summed E-state index contributed by atoms with van der Waals surface area (Å²) in [7, 11) is 0. The predicted octanol–water partition coefficient (Wildman–Crippen LogP) is 0.346. The van der Waals surface area contributed by atoms with Crippen LogP contribution in [0.1, 0.15) is 30.6 Å². The molecule has 0 aliphatic carbocycles. The molecule has 1 aromatic heterocycles. The van der Waals surface area contributed by atoms with Crippen LogP contribution in [0.5, 0.6) is 0 Å². The fourth-order valence-electron chi connectivity index (χ4n) is 3.06. The summed E-state index contributed by atoms with van der Waals surface area (Å²) in [5.74, 6) is 0.759. The Morgan fingerprint density at radius 3 is 2.65 bits per heavy atom. The molecule has 0 unspecified atom stereocenters. The summed E-state index contributed by atoms with van der Waals surface area (Å²) in [6, 6.07) is 1.64. The van der Waals surface area contributed by atoms with Gasteiger partial charge in [-0.05, 0) is 17.9 Å². The molecule has 2 atom stereocenters. The van der Waals surface area contributed by atoms with Gasteiger partial charge in [-0.15, -0.1) is 11.3 Å². The lowest BCUT2D eigenvalue weighted by molar-refractivity contribution is -0.904. The molecule has 2 heterocycles. The van der Waals surface area contributed by atoms with E-state index >= 15 is 0 Å². The smallest absolute Gasteiger partial charge is 0.280 e. The van der Waals surface area contributed by atoms with E-state index in [1.807, 2.05) is 0 Å². The molecular formula is C14H22N3O2S+. The van der Waals surface area contributed by atoms with Gasteiger partial charge in [-0.3, -0.25) is 9.59 Å². The number of thiophene rings is 1. The zero-order valence-electron chi connectivity index (χ0n) is 11.9. The molecule has 2 rings (SSSR count). The first-order valence-electron chi connectivity index (χ1n) is 6.96. The summed E-state index contributed by atoms with van der Waals surface area (Å²) in [6.07, 6.45) is 1.24. The highest BCUT2D eigenvalue weighted by molar-refractivity contribution is 7.14. The van der Waals surface area contributed by atoms with Gasteiger partial charge in [-0.2, -0.15) is 0 Å². The first-order valence-corrected chi connectivity index (χ1v) is 7.84. The zero-order chi connectivity index (χ0) is 14.7. The number of nitrogens with two attached hydrogens (primary N) is 1. The van der Waals surface area contributed by atoms with Crippen LogP contribution < -0.4 is 16.0 Å². The average molecular weight is 296 g/mol. The minimum Gasteiger partial charge on any atom is -0.366 e. The van der Waals surface area contributed by atoms with Crippen LogP contribution in [0.25, 0.3) is 0 Å². The summed E-state index contributed by atoms with van der Waals surface area (Å²) in [6.45, 7) is 6.98. The molecule has 2 amide bonds. The van der Waals surface area contributed by atoms with E-state index in [1.54, 1.807) is 11.4 Å². The minimum absolute atomic E-state index is 0.0498.